The van der Waals surface area contributed by atoms with Gasteiger partial charge in [-0.3, -0.25) is 0 Å². The summed E-state index contributed by atoms with van der Waals surface area (Å²) in [7, 11) is 0. The number of nitrogens with two attached hydrogens (primary N) is 1. The summed E-state index contributed by atoms with van der Waals surface area (Å²) in [5.41, 5.74) is 10.1. The van der Waals surface area contributed by atoms with E-state index in [9.17, 15) is 0 Å². The van der Waals surface area contributed by atoms with Crippen LogP contribution < -0.4 is 15.4 Å². The van der Waals surface area contributed by atoms with Crippen molar-refractivity contribution in [3.8, 4) is 5.75 Å². The second-order valence-corrected chi connectivity index (χ2v) is 10.7. The van der Waals surface area contributed by atoms with Crippen molar-refractivity contribution in [1.82, 2.24) is 4.90 Å². The van der Waals surface area contributed by atoms with Crippen molar-refractivity contribution in [3.63, 3.8) is 0 Å². The van der Waals surface area contributed by atoms with Gasteiger partial charge in [-0.2, -0.15) is 0 Å². The first-order valence-electron chi connectivity index (χ1n) is 12.7. The first-order valence-corrected chi connectivity index (χ1v) is 13.0. The summed E-state index contributed by atoms with van der Waals surface area (Å²) in [6, 6.07) is 17.2. The number of benzene rings is 2. The highest BCUT2D eigenvalue weighted by Gasteiger charge is 2.25. The fraction of sp³-hybridized carbons (Fsp3) is 0.517. The third-order valence-electron chi connectivity index (χ3n) is 6.45. The number of nitrogens with zero attached hydrogens (tertiary/aromatic N) is 2. The highest BCUT2D eigenvalue weighted by molar-refractivity contribution is 6.30. The van der Waals surface area contributed by atoms with E-state index in [2.05, 4.69) is 67.8 Å². The van der Waals surface area contributed by atoms with E-state index >= 15 is 0 Å². The van der Waals surface area contributed by atoms with Crippen LogP contribution in [0.2, 0.25) is 5.02 Å². The van der Waals surface area contributed by atoms with E-state index in [4.69, 9.17) is 22.1 Å². The van der Waals surface area contributed by atoms with Crippen LogP contribution in [-0.4, -0.2) is 43.2 Å². The topological polar surface area (TPSA) is 41.7 Å². The SMILES string of the molecule is CC(C)=CCN(c1ccc(OCc2ccc(Cl)cc2)cc1)C1CCN(CC(N)CC(C)C)CC1. The molecule has 3 rings (SSSR count). The van der Waals surface area contributed by atoms with Gasteiger partial charge in [0.25, 0.3) is 0 Å². The number of hydrogen-bond donors (Lipinski definition) is 1. The highest BCUT2D eigenvalue weighted by Crippen LogP contribution is 2.27. The molecule has 1 saturated heterocycles. The van der Waals surface area contributed by atoms with E-state index < -0.39 is 0 Å². The molecule has 1 aliphatic heterocycles. The molecule has 2 aromatic rings. The molecule has 2 N–H and O–H groups in total. The Morgan fingerprint density at radius 1 is 1.09 bits per heavy atom. The van der Waals surface area contributed by atoms with Gasteiger partial charge in [-0.25, -0.2) is 0 Å². The average molecular weight is 484 g/mol. The van der Waals surface area contributed by atoms with Crippen LogP contribution in [0.3, 0.4) is 0 Å². The number of allylic oxidation sites excluding steroid dienone is 1. The third-order valence-corrected chi connectivity index (χ3v) is 6.70. The summed E-state index contributed by atoms with van der Waals surface area (Å²) in [5.74, 6) is 1.54. The maximum atomic E-state index is 6.38. The summed E-state index contributed by atoms with van der Waals surface area (Å²) in [5, 5.41) is 0.744. The van der Waals surface area contributed by atoms with Crippen LogP contribution in [0.5, 0.6) is 5.75 Å². The minimum absolute atomic E-state index is 0.277. The number of ether oxygens (including phenoxy) is 1. The van der Waals surface area contributed by atoms with Gasteiger partial charge in [-0.15, -0.1) is 0 Å². The zero-order valence-corrected chi connectivity index (χ0v) is 22.1. The number of rotatable bonds is 11. The van der Waals surface area contributed by atoms with E-state index in [0.717, 1.165) is 48.9 Å². The van der Waals surface area contributed by atoms with Crippen LogP contribution in [-0.2, 0) is 6.61 Å². The van der Waals surface area contributed by atoms with Gasteiger partial charge in [0.2, 0.25) is 0 Å². The average Bonchev–Trinajstić information content (AvgIpc) is 2.80. The first kappa shape index (κ1) is 26.6. The van der Waals surface area contributed by atoms with Gasteiger partial charge >= 0.3 is 0 Å². The summed E-state index contributed by atoms with van der Waals surface area (Å²) in [6.07, 6.45) is 5.76. The highest BCUT2D eigenvalue weighted by atomic mass is 35.5. The normalized spacial score (nSPS) is 15.9. The van der Waals surface area contributed by atoms with Crippen molar-refractivity contribution in [2.75, 3.05) is 31.1 Å². The van der Waals surface area contributed by atoms with Crippen LogP contribution in [0.15, 0.2) is 60.2 Å². The van der Waals surface area contributed by atoms with Crippen molar-refractivity contribution >= 4 is 17.3 Å². The number of piperidine rings is 1. The Kier molecular flexibility index (Phi) is 10.3. The Bertz CT molecular complexity index is 883. The number of halogens is 1. The molecule has 1 atom stereocenters. The molecule has 0 saturated carbocycles. The van der Waals surface area contributed by atoms with E-state index in [1.807, 2.05) is 24.3 Å². The lowest BCUT2D eigenvalue weighted by Gasteiger charge is -2.40. The summed E-state index contributed by atoms with van der Waals surface area (Å²) in [6.45, 7) is 13.6. The van der Waals surface area contributed by atoms with Gasteiger partial charge in [-0.1, -0.05) is 49.2 Å². The second kappa shape index (κ2) is 13.2. The molecular weight excluding hydrogens is 442 g/mol. The molecule has 34 heavy (non-hydrogen) atoms. The van der Waals surface area contributed by atoms with Crippen molar-refractivity contribution in [2.45, 2.75) is 65.6 Å². The van der Waals surface area contributed by atoms with Crippen molar-refractivity contribution in [3.05, 3.63) is 70.8 Å². The molecule has 186 valence electrons. The fourth-order valence-corrected chi connectivity index (χ4v) is 4.78. The van der Waals surface area contributed by atoms with E-state index in [0.29, 0.717) is 18.6 Å². The van der Waals surface area contributed by atoms with Crippen LogP contribution in [0.25, 0.3) is 0 Å². The molecule has 1 heterocycles. The zero-order chi connectivity index (χ0) is 24.5. The Morgan fingerprint density at radius 3 is 2.32 bits per heavy atom. The van der Waals surface area contributed by atoms with Crippen LogP contribution >= 0.6 is 11.6 Å². The van der Waals surface area contributed by atoms with Crippen LogP contribution in [0, 0.1) is 5.92 Å². The van der Waals surface area contributed by atoms with Gasteiger partial charge in [-0.05, 0) is 81.0 Å². The minimum atomic E-state index is 0.277. The van der Waals surface area contributed by atoms with Gasteiger partial charge in [0.1, 0.15) is 12.4 Å². The monoisotopic (exact) mass is 483 g/mol. The second-order valence-electron chi connectivity index (χ2n) is 10.3. The lowest BCUT2D eigenvalue weighted by atomic mass is 9.99. The van der Waals surface area contributed by atoms with Crippen molar-refractivity contribution in [1.29, 1.82) is 0 Å². The molecule has 1 unspecified atom stereocenters. The maximum Gasteiger partial charge on any atom is 0.119 e. The smallest absolute Gasteiger partial charge is 0.119 e. The molecule has 0 aromatic heterocycles. The standard InChI is InChI=1S/C29H42ClN3O/c1-22(2)13-18-33(28-14-16-32(17-15-28)20-26(31)19-23(3)4)27-9-11-29(12-10-27)34-21-24-5-7-25(30)8-6-24/h5-13,23,26,28H,14-21,31H2,1-4H3. The molecular formula is C29H42ClN3O. The Labute approximate surface area is 211 Å². The Balaban J connectivity index is 1.59. The first-order chi connectivity index (χ1) is 16.3. The summed E-state index contributed by atoms with van der Waals surface area (Å²) in [4.78, 5) is 5.11. The predicted molar refractivity (Wildman–Crippen MR) is 146 cm³/mol. The molecule has 2 aromatic carbocycles. The van der Waals surface area contributed by atoms with E-state index in [1.54, 1.807) is 0 Å². The minimum Gasteiger partial charge on any atom is -0.489 e. The third kappa shape index (κ3) is 8.65. The van der Waals surface area contributed by atoms with Crippen LogP contribution in [0.4, 0.5) is 5.69 Å². The number of likely N-dealkylation sites (tertiary alicyclic amines) is 1. The van der Waals surface area contributed by atoms with Crippen molar-refractivity contribution < 1.29 is 4.74 Å². The molecule has 5 heteroatoms. The summed E-state index contributed by atoms with van der Waals surface area (Å²) >= 11 is 5.98. The Hall–Kier alpha value is -2.01. The van der Waals surface area contributed by atoms with Crippen LogP contribution in [0.1, 0.15) is 52.5 Å². The quantitative estimate of drug-likeness (QED) is 0.369. The molecule has 0 radical (unpaired) electrons. The molecule has 0 amide bonds. The maximum absolute atomic E-state index is 6.38. The van der Waals surface area contributed by atoms with Gasteiger partial charge in [0.05, 0.1) is 0 Å². The van der Waals surface area contributed by atoms with E-state index in [-0.39, 0.29) is 6.04 Å². The molecule has 1 fully saturated rings. The predicted octanol–water partition coefficient (Wildman–Crippen LogP) is 6.53. The van der Waals surface area contributed by atoms with Gasteiger partial charge < -0.3 is 20.3 Å². The van der Waals surface area contributed by atoms with Gasteiger partial charge in [0.15, 0.2) is 0 Å². The zero-order valence-electron chi connectivity index (χ0n) is 21.3. The molecule has 0 bridgehead atoms. The molecule has 1 aliphatic rings. The fourth-order valence-electron chi connectivity index (χ4n) is 4.65. The number of anilines is 1. The molecule has 0 aliphatic carbocycles. The van der Waals surface area contributed by atoms with E-state index in [1.165, 1.54) is 24.1 Å². The lowest BCUT2D eigenvalue weighted by Crippen LogP contribution is -2.48. The largest absolute Gasteiger partial charge is 0.489 e. The van der Waals surface area contributed by atoms with Gasteiger partial charge in [0, 0.05) is 49.0 Å². The number of hydrogen-bond acceptors (Lipinski definition) is 4. The molecule has 0 spiro atoms. The lowest BCUT2D eigenvalue weighted by molar-refractivity contribution is 0.193. The van der Waals surface area contributed by atoms with Crippen molar-refractivity contribution in [2.24, 2.45) is 11.7 Å². The Morgan fingerprint density at radius 2 is 1.74 bits per heavy atom. The molecule has 4 nitrogen and oxygen atoms in total. The summed E-state index contributed by atoms with van der Waals surface area (Å²) < 4.78 is 6.00.